The van der Waals surface area contributed by atoms with Gasteiger partial charge in [-0.15, -0.1) is 0 Å². The van der Waals surface area contributed by atoms with Gasteiger partial charge in [-0.3, -0.25) is 4.79 Å². The average Bonchev–Trinajstić information content (AvgIpc) is 2.25. The molecule has 15 heavy (non-hydrogen) atoms. The van der Waals surface area contributed by atoms with E-state index >= 15 is 0 Å². The molecule has 0 aromatic rings. The number of rotatable bonds is 6. The topological polar surface area (TPSA) is 49.3 Å². The lowest BCUT2D eigenvalue weighted by molar-refractivity contribution is -0.144. The fraction of sp³-hybridized carbons (Fsp3) is 0.917. The van der Waals surface area contributed by atoms with Gasteiger partial charge in [0.2, 0.25) is 0 Å². The minimum Gasteiger partial charge on any atom is -0.481 e. The van der Waals surface area contributed by atoms with Crippen LogP contribution in [0.5, 0.6) is 0 Å². The van der Waals surface area contributed by atoms with Gasteiger partial charge in [0.15, 0.2) is 0 Å². The summed E-state index contributed by atoms with van der Waals surface area (Å²) in [6.07, 6.45) is 6.61. The lowest BCUT2D eigenvalue weighted by atomic mass is 9.79. The van der Waals surface area contributed by atoms with Crippen LogP contribution in [0, 0.1) is 11.8 Å². The van der Waals surface area contributed by atoms with Crippen LogP contribution in [0.15, 0.2) is 0 Å². The predicted octanol–water partition coefficient (Wildman–Crippen LogP) is 2.27. The first kappa shape index (κ1) is 12.5. The van der Waals surface area contributed by atoms with Gasteiger partial charge in [0.25, 0.3) is 0 Å². The minimum absolute atomic E-state index is 0.104. The number of unbranched alkanes of at least 4 members (excludes halogenated alkanes) is 1. The predicted molar refractivity (Wildman–Crippen MR) is 60.9 cm³/mol. The van der Waals surface area contributed by atoms with Crippen LogP contribution < -0.4 is 5.32 Å². The molecule has 0 spiro atoms. The van der Waals surface area contributed by atoms with Gasteiger partial charge in [-0.2, -0.15) is 0 Å². The largest absolute Gasteiger partial charge is 0.481 e. The first-order chi connectivity index (χ1) is 7.25. The minimum atomic E-state index is -0.600. The van der Waals surface area contributed by atoms with E-state index in [1.807, 2.05) is 0 Å². The number of carboxylic acid groups (broad SMARTS) is 1. The number of carbonyl (C=O) groups is 1. The van der Waals surface area contributed by atoms with Crippen molar-refractivity contribution in [3.8, 4) is 0 Å². The lowest BCUT2D eigenvalue weighted by Crippen LogP contribution is -2.35. The summed E-state index contributed by atoms with van der Waals surface area (Å²) in [5.41, 5.74) is 0. The van der Waals surface area contributed by atoms with Crippen LogP contribution in [-0.4, -0.2) is 24.2 Å². The van der Waals surface area contributed by atoms with E-state index in [2.05, 4.69) is 12.2 Å². The number of carboxylic acids is 1. The van der Waals surface area contributed by atoms with Crippen molar-refractivity contribution in [1.29, 1.82) is 0 Å². The Labute approximate surface area is 92.3 Å². The molecule has 2 unspecified atom stereocenters. The number of hydrogen-bond donors (Lipinski definition) is 2. The first-order valence-electron chi connectivity index (χ1n) is 6.19. The van der Waals surface area contributed by atoms with Gasteiger partial charge in [0, 0.05) is 0 Å². The molecule has 3 nitrogen and oxygen atoms in total. The molecule has 1 saturated carbocycles. The molecule has 0 aromatic heterocycles. The molecule has 1 aliphatic carbocycles. The van der Waals surface area contributed by atoms with Crippen LogP contribution in [0.1, 0.15) is 45.4 Å². The van der Waals surface area contributed by atoms with Crippen LogP contribution in [0.25, 0.3) is 0 Å². The number of aliphatic carboxylic acids is 1. The fourth-order valence-electron chi connectivity index (χ4n) is 2.37. The van der Waals surface area contributed by atoms with Gasteiger partial charge >= 0.3 is 5.97 Å². The second kappa shape index (κ2) is 6.83. The van der Waals surface area contributed by atoms with Crippen LogP contribution in [0.4, 0.5) is 0 Å². The maximum Gasteiger partial charge on any atom is 0.306 e. The molecule has 88 valence electrons. The molecular formula is C12H23NO2. The quantitative estimate of drug-likeness (QED) is 0.665. The molecule has 3 heteroatoms. The highest BCUT2D eigenvalue weighted by Crippen LogP contribution is 2.29. The molecule has 2 atom stereocenters. The Hall–Kier alpha value is -0.570. The molecule has 0 heterocycles. The Morgan fingerprint density at radius 3 is 2.80 bits per heavy atom. The summed E-state index contributed by atoms with van der Waals surface area (Å²) < 4.78 is 0. The summed E-state index contributed by atoms with van der Waals surface area (Å²) >= 11 is 0. The maximum atomic E-state index is 11.0. The van der Waals surface area contributed by atoms with Gasteiger partial charge in [0.1, 0.15) is 0 Å². The average molecular weight is 213 g/mol. The highest BCUT2D eigenvalue weighted by Gasteiger charge is 2.29. The van der Waals surface area contributed by atoms with Gasteiger partial charge in [0.05, 0.1) is 5.92 Å². The van der Waals surface area contributed by atoms with Crippen molar-refractivity contribution in [2.75, 3.05) is 13.1 Å². The van der Waals surface area contributed by atoms with E-state index in [-0.39, 0.29) is 5.92 Å². The van der Waals surface area contributed by atoms with E-state index in [0.29, 0.717) is 5.92 Å². The van der Waals surface area contributed by atoms with Crippen molar-refractivity contribution in [3.05, 3.63) is 0 Å². The van der Waals surface area contributed by atoms with E-state index in [1.54, 1.807) is 0 Å². The molecule has 0 bridgehead atoms. The Kier molecular flexibility index (Phi) is 5.69. The van der Waals surface area contributed by atoms with E-state index in [4.69, 9.17) is 5.11 Å². The third kappa shape index (κ3) is 4.20. The number of nitrogens with one attached hydrogen (secondary N) is 1. The molecular weight excluding hydrogens is 190 g/mol. The van der Waals surface area contributed by atoms with Gasteiger partial charge in [-0.25, -0.2) is 0 Å². The van der Waals surface area contributed by atoms with Gasteiger partial charge in [-0.1, -0.05) is 26.2 Å². The van der Waals surface area contributed by atoms with Gasteiger partial charge in [-0.05, 0) is 38.3 Å². The standard InChI is InChI=1S/C12H23NO2/c1-2-3-8-13-9-10-6-4-5-7-11(10)12(14)15/h10-11,13H,2-9H2,1H3,(H,14,15). The first-order valence-corrected chi connectivity index (χ1v) is 6.19. The Morgan fingerprint density at radius 1 is 1.40 bits per heavy atom. The molecule has 0 aliphatic heterocycles. The highest BCUT2D eigenvalue weighted by atomic mass is 16.4. The number of hydrogen-bond acceptors (Lipinski definition) is 2. The maximum absolute atomic E-state index is 11.0. The molecule has 0 amide bonds. The molecule has 0 aromatic carbocycles. The molecule has 1 fully saturated rings. The van der Waals surface area contributed by atoms with Crippen molar-refractivity contribution >= 4 is 5.97 Å². The van der Waals surface area contributed by atoms with Crippen molar-refractivity contribution in [1.82, 2.24) is 5.32 Å². The summed E-state index contributed by atoms with van der Waals surface area (Å²) in [4.78, 5) is 11.0. The second-order valence-electron chi connectivity index (χ2n) is 4.55. The Bertz CT molecular complexity index is 194. The zero-order valence-corrected chi connectivity index (χ0v) is 9.67. The van der Waals surface area contributed by atoms with E-state index in [1.165, 1.54) is 19.3 Å². The summed E-state index contributed by atoms with van der Waals surface area (Å²) in [5.74, 6) is -0.349. The highest BCUT2D eigenvalue weighted by molar-refractivity contribution is 5.70. The molecule has 2 N–H and O–H groups in total. The molecule has 1 rings (SSSR count). The SMILES string of the molecule is CCCCNCC1CCCCC1C(=O)O. The van der Waals surface area contributed by atoms with E-state index in [9.17, 15) is 4.79 Å². The molecule has 0 radical (unpaired) electrons. The lowest BCUT2D eigenvalue weighted by Gasteiger charge is -2.28. The van der Waals surface area contributed by atoms with E-state index in [0.717, 1.165) is 32.4 Å². The summed E-state index contributed by atoms with van der Waals surface area (Å²) in [7, 11) is 0. The third-order valence-corrected chi connectivity index (χ3v) is 3.34. The zero-order valence-electron chi connectivity index (χ0n) is 9.67. The smallest absolute Gasteiger partial charge is 0.306 e. The van der Waals surface area contributed by atoms with Crippen molar-refractivity contribution in [2.24, 2.45) is 11.8 Å². The van der Waals surface area contributed by atoms with Crippen molar-refractivity contribution in [3.63, 3.8) is 0 Å². The van der Waals surface area contributed by atoms with Crippen molar-refractivity contribution < 1.29 is 9.90 Å². The zero-order chi connectivity index (χ0) is 11.1. The van der Waals surface area contributed by atoms with Crippen LogP contribution in [0.3, 0.4) is 0 Å². The molecule has 1 aliphatic rings. The summed E-state index contributed by atoms with van der Waals surface area (Å²) in [6.45, 7) is 4.08. The van der Waals surface area contributed by atoms with Crippen LogP contribution in [-0.2, 0) is 4.79 Å². The fourth-order valence-corrected chi connectivity index (χ4v) is 2.37. The van der Waals surface area contributed by atoms with Crippen molar-refractivity contribution in [2.45, 2.75) is 45.4 Å². The molecule has 0 saturated heterocycles. The van der Waals surface area contributed by atoms with Crippen LogP contribution in [0.2, 0.25) is 0 Å². The Morgan fingerprint density at radius 2 is 2.13 bits per heavy atom. The third-order valence-electron chi connectivity index (χ3n) is 3.34. The summed E-state index contributed by atoms with van der Waals surface area (Å²) in [5, 5.41) is 12.5. The van der Waals surface area contributed by atoms with E-state index < -0.39 is 5.97 Å². The Balaban J connectivity index is 2.26. The van der Waals surface area contributed by atoms with Crippen LogP contribution >= 0.6 is 0 Å². The summed E-state index contributed by atoms with van der Waals surface area (Å²) in [6, 6.07) is 0. The second-order valence-corrected chi connectivity index (χ2v) is 4.55. The normalized spacial score (nSPS) is 26.5. The van der Waals surface area contributed by atoms with Gasteiger partial charge < -0.3 is 10.4 Å². The monoisotopic (exact) mass is 213 g/mol.